The second kappa shape index (κ2) is 10.1. The molecule has 2 aromatic rings. The van der Waals surface area contributed by atoms with Crippen LogP contribution in [-0.2, 0) is 26.8 Å². The minimum atomic E-state index is -1.81. The Balaban J connectivity index is 0.00000140. The Morgan fingerprint density at radius 3 is 2.32 bits per heavy atom. The van der Waals surface area contributed by atoms with E-state index in [0.717, 1.165) is 6.42 Å². The van der Waals surface area contributed by atoms with Crippen LogP contribution in [0, 0.1) is 13.8 Å². The van der Waals surface area contributed by atoms with E-state index in [4.69, 9.17) is 0 Å². The summed E-state index contributed by atoms with van der Waals surface area (Å²) >= 11 is -1.81. The summed E-state index contributed by atoms with van der Waals surface area (Å²) in [5.74, 6) is 0. The zero-order chi connectivity index (χ0) is 18.3. The van der Waals surface area contributed by atoms with Crippen LogP contribution < -0.4 is 28.1 Å². The van der Waals surface area contributed by atoms with Gasteiger partial charge in [-0.3, -0.25) is 0 Å². The first-order valence-corrected chi connectivity index (χ1v) is 18.0. The monoisotopic (exact) mass is 504 g/mol. The third kappa shape index (κ3) is 4.22. The fourth-order valence-corrected chi connectivity index (χ4v) is 25.7. The van der Waals surface area contributed by atoms with Gasteiger partial charge in [0.25, 0.3) is 0 Å². The summed E-state index contributed by atoms with van der Waals surface area (Å²) in [5.41, 5.74) is 9.02. The summed E-state index contributed by atoms with van der Waals surface area (Å²) in [4.78, 5) is 0. The second-order valence-electron chi connectivity index (χ2n) is 7.63. The quantitative estimate of drug-likeness (QED) is 0.437. The van der Waals surface area contributed by atoms with Gasteiger partial charge in [0.1, 0.15) is 0 Å². The molecule has 0 N–H and O–H groups in total. The maximum atomic E-state index is 2.50. The number of benzene rings is 2. The average Bonchev–Trinajstić information content (AvgIpc) is 3.27. The third-order valence-electron chi connectivity index (χ3n) is 5.99. The normalized spacial score (nSPS) is 12.9. The van der Waals surface area contributed by atoms with Gasteiger partial charge in [-0.25, -0.2) is 0 Å². The van der Waals surface area contributed by atoms with Crippen LogP contribution in [0.25, 0.3) is 11.1 Å². The zero-order valence-corrected chi connectivity index (χ0v) is 22.2. The van der Waals surface area contributed by atoms with Gasteiger partial charge in [-0.1, -0.05) is 0 Å². The van der Waals surface area contributed by atoms with Crippen molar-refractivity contribution in [3.05, 3.63) is 74.1 Å². The van der Waals surface area contributed by atoms with Crippen LogP contribution in [0.3, 0.4) is 0 Å². The Morgan fingerprint density at radius 1 is 0.964 bits per heavy atom. The van der Waals surface area contributed by atoms with Gasteiger partial charge < -0.3 is 24.8 Å². The zero-order valence-electron chi connectivity index (χ0n) is 17.2. The summed E-state index contributed by atoms with van der Waals surface area (Å²) < 4.78 is 3.72. The van der Waals surface area contributed by atoms with Crippen LogP contribution in [0.15, 0.2) is 51.8 Å². The van der Waals surface area contributed by atoms with Gasteiger partial charge in [0.05, 0.1) is 0 Å². The molecule has 0 radical (unpaired) electrons. The molecule has 0 aliphatic heterocycles. The van der Waals surface area contributed by atoms with E-state index in [1.54, 1.807) is 22.3 Å². The van der Waals surface area contributed by atoms with Crippen molar-refractivity contribution in [2.75, 3.05) is 0 Å². The molecule has 146 valence electrons. The van der Waals surface area contributed by atoms with Gasteiger partial charge >= 0.3 is 167 Å². The molecule has 2 aliphatic rings. The van der Waals surface area contributed by atoms with Crippen LogP contribution in [-0.4, -0.2) is 5.43 Å². The van der Waals surface area contributed by atoms with Crippen molar-refractivity contribution in [3.8, 4) is 11.1 Å². The van der Waals surface area contributed by atoms with E-state index in [-0.39, 0.29) is 30.2 Å². The van der Waals surface area contributed by atoms with Crippen LogP contribution in [0.5, 0.6) is 0 Å². The molecule has 0 amide bonds. The fraction of sp³-hybridized carbons (Fsp3) is 0.333. The summed E-state index contributed by atoms with van der Waals surface area (Å²) in [7, 11) is 0. The van der Waals surface area contributed by atoms with Crippen molar-refractivity contribution >= 4 is 8.70 Å². The van der Waals surface area contributed by atoms with Crippen molar-refractivity contribution in [1.29, 1.82) is 0 Å². The first kappa shape index (κ1) is 23.9. The standard InChI is InChI=1S/C15H13.C5H5.C4H10Si.2ClH.Zr/c1-10-3-5-14-12(7-10)9-13-8-11(2)4-6-15(13)14;1-2-4-5-3-1;1-3-5-4-2;;;/h3-7H,9H2,1-2H3;1-3H,4H2;3-4H2,1-2H3;2*1H;/q;;;;;+2/p-2. The van der Waals surface area contributed by atoms with E-state index in [1.807, 2.05) is 6.55 Å². The summed E-state index contributed by atoms with van der Waals surface area (Å²) in [6.45, 7) is 9.52. The first-order chi connectivity index (χ1) is 12.6. The molecule has 2 aromatic carbocycles. The van der Waals surface area contributed by atoms with Crippen molar-refractivity contribution in [2.45, 2.75) is 52.6 Å². The number of rotatable bonds is 4. The Labute approximate surface area is 190 Å². The summed E-state index contributed by atoms with van der Waals surface area (Å²) in [5, 5.41) is 0. The molecule has 0 nitrogen and oxygen atoms in total. The van der Waals surface area contributed by atoms with Crippen LogP contribution >= 0.6 is 0 Å². The predicted molar refractivity (Wildman–Crippen MR) is 112 cm³/mol. The topological polar surface area (TPSA) is 0 Å². The van der Waals surface area contributed by atoms with Gasteiger partial charge in [-0.15, -0.1) is 0 Å². The molecule has 0 bridgehead atoms. The molecule has 0 saturated carbocycles. The molecule has 0 unspecified atom stereocenters. The molecule has 0 aromatic heterocycles. The second-order valence-corrected chi connectivity index (χ2v) is 23.1. The van der Waals surface area contributed by atoms with Gasteiger partial charge in [0.2, 0.25) is 0 Å². The molecule has 0 saturated heterocycles. The minimum Gasteiger partial charge on any atom is -1.00 e. The van der Waals surface area contributed by atoms with Crippen LogP contribution in [0.2, 0.25) is 12.1 Å². The van der Waals surface area contributed by atoms with Gasteiger partial charge in [-0.05, 0) is 0 Å². The van der Waals surface area contributed by atoms with E-state index in [0.29, 0.717) is 0 Å². The van der Waals surface area contributed by atoms with E-state index in [1.165, 1.54) is 29.6 Å². The number of fused-ring (bicyclic) bond motifs is 3. The van der Waals surface area contributed by atoms with Crippen molar-refractivity contribution < 1.29 is 45.2 Å². The molecular weight excluding hydrogens is 478 g/mol. The maximum absolute atomic E-state index is 2.50. The first-order valence-electron chi connectivity index (χ1n) is 9.94. The molecule has 4 rings (SSSR count). The maximum Gasteiger partial charge on any atom is -1.00 e. The molecule has 4 heteroatoms. The van der Waals surface area contributed by atoms with Crippen molar-refractivity contribution in [3.63, 3.8) is 0 Å². The molecule has 28 heavy (non-hydrogen) atoms. The van der Waals surface area contributed by atoms with E-state index in [2.05, 4.69) is 76.3 Å². The minimum absolute atomic E-state index is 0. The summed E-state index contributed by atoms with van der Waals surface area (Å²) in [6.07, 6.45) is 9.60. The number of hydrogen-bond acceptors (Lipinski definition) is 0. The van der Waals surface area contributed by atoms with Gasteiger partial charge in [0, 0.05) is 0 Å². The number of aryl methyl sites for hydroxylation is 2. The van der Waals surface area contributed by atoms with Crippen LogP contribution in [0.4, 0.5) is 0 Å². The molecule has 0 atom stereocenters. The number of hydrogen-bond donors (Lipinski definition) is 0. The average molecular weight is 507 g/mol. The summed E-state index contributed by atoms with van der Waals surface area (Å²) in [6, 6.07) is 14.8. The van der Waals surface area contributed by atoms with E-state index >= 15 is 0 Å². The van der Waals surface area contributed by atoms with Crippen molar-refractivity contribution in [2.24, 2.45) is 0 Å². The number of allylic oxidation sites excluding steroid dienone is 4. The van der Waals surface area contributed by atoms with E-state index < -0.39 is 20.4 Å². The molecular formula is C24H28Cl2SiZr. The Hall–Kier alpha value is -0.400. The van der Waals surface area contributed by atoms with E-state index in [9.17, 15) is 0 Å². The fourth-order valence-electron chi connectivity index (χ4n) is 4.67. The Kier molecular flexibility index (Phi) is 8.59. The third-order valence-corrected chi connectivity index (χ3v) is 27.6. The Morgan fingerprint density at radius 2 is 1.68 bits per heavy atom. The SMILES string of the molecule is CC[Si](CC)=[Zr+2]([C]1=CC=CC1)[c]1c(C)ccc2c1Cc1cc(C)ccc1-2.[Cl-].[Cl-]. The molecule has 0 fully saturated rings. The largest absolute Gasteiger partial charge is 1.00 e. The van der Waals surface area contributed by atoms with Gasteiger partial charge in [0.15, 0.2) is 0 Å². The molecule has 0 spiro atoms. The molecule has 2 aliphatic carbocycles. The Bertz CT molecular complexity index is 980. The molecule has 0 heterocycles. The van der Waals surface area contributed by atoms with Gasteiger partial charge in [-0.2, -0.15) is 0 Å². The smallest absolute Gasteiger partial charge is 1.00 e. The van der Waals surface area contributed by atoms with Crippen molar-refractivity contribution in [1.82, 2.24) is 0 Å². The predicted octanol–water partition coefficient (Wildman–Crippen LogP) is 0.00124. The number of halogens is 2. The van der Waals surface area contributed by atoms with Crippen LogP contribution in [0.1, 0.15) is 42.5 Å².